The minimum Gasteiger partial charge on any atom is -0.363 e. The van der Waals surface area contributed by atoms with Gasteiger partial charge in [0, 0.05) is 37.1 Å². The minimum absolute atomic E-state index is 0.137. The standard InChI is InChI=1S/C15H25N3O2S/c1-11(2)15-4-3-7-18(15)21(19,20)14-8-13(17-10-14)9-16-12-5-6-12/h8,10-12,15-17H,3-7,9H2,1-2H3. The van der Waals surface area contributed by atoms with Crippen LogP contribution >= 0.6 is 0 Å². The molecule has 1 aromatic rings. The zero-order valence-corrected chi connectivity index (χ0v) is 13.6. The Morgan fingerprint density at radius 1 is 1.38 bits per heavy atom. The molecule has 21 heavy (non-hydrogen) atoms. The van der Waals surface area contributed by atoms with Crippen LogP contribution in [0.1, 0.15) is 45.2 Å². The summed E-state index contributed by atoms with van der Waals surface area (Å²) in [5, 5.41) is 3.39. The van der Waals surface area contributed by atoms with Gasteiger partial charge in [0.1, 0.15) is 0 Å². The van der Waals surface area contributed by atoms with E-state index in [0.29, 0.717) is 29.9 Å². The van der Waals surface area contributed by atoms with Gasteiger partial charge in [-0.1, -0.05) is 13.8 Å². The van der Waals surface area contributed by atoms with Crippen molar-refractivity contribution >= 4 is 10.0 Å². The molecule has 2 aliphatic rings. The highest BCUT2D eigenvalue weighted by atomic mass is 32.2. The fourth-order valence-corrected chi connectivity index (χ4v) is 4.92. The van der Waals surface area contributed by atoms with E-state index in [2.05, 4.69) is 24.1 Å². The van der Waals surface area contributed by atoms with Crippen molar-refractivity contribution in [2.45, 2.75) is 63.1 Å². The van der Waals surface area contributed by atoms with Gasteiger partial charge in [-0.3, -0.25) is 0 Å². The van der Waals surface area contributed by atoms with Crippen LogP contribution in [0.2, 0.25) is 0 Å². The van der Waals surface area contributed by atoms with Gasteiger partial charge in [-0.2, -0.15) is 4.31 Å². The number of hydrogen-bond donors (Lipinski definition) is 2. The third-order valence-corrected chi connectivity index (χ3v) is 6.40. The molecule has 0 bridgehead atoms. The number of nitrogens with one attached hydrogen (secondary N) is 2. The lowest BCUT2D eigenvalue weighted by atomic mass is 10.0. The number of H-pyrrole nitrogens is 1. The molecule has 5 nitrogen and oxygen atoms in total. The third kappa shape index (κ3) is 3.17. The van der Waals surface area contributed by atoms with Gasteiger partial charge in [0.25, 0.3) is 0 Å². The van der Waals surface area contributed by atoms with Crippen LogP contribution in [-0.2, 0) is 16.6 Å². The average Bonchev–Trinajstić information content (AvgIpc) is 2.95. The SMILES string of the molecule is CC(C)C1CCCN1S(=O)(=O)c1c[nH]c(CNC2CC2)c1. The number of sulfonamides is 1. The van der Waals surface area contributed by atoms with Crippen molar-refractivity contribution in [1.29, 1.82) is 0 Å². The molecular weight excluding hydrogens is 286 g/mol. The summed E-state index contributed by atoms with van der Waals surface area (Å²) in [6.45, 7) is 5.56. The quantitative estimate of drug-likeness (QED) is 0.845. The molecule has 0 amide bonds. The lowest BCUT2D eigenvalue weighted by Gasteiger charge is -2.26. The Morgan fingerprint density at radius 3 is 2.81 bits per heavy atom. The van der Waals surface area contributed by atoms with E-state index >= 15 is 0 Å². The summed E-state index contributed by atoms with van der Waals surface area (Å²) in [4.78, 5) is 3.50. The molecule has 1 saturated carbocycles. The van der Waals surface area contributed by atoms with Crippen LogP contribution in [0.3, 0.4) is 0 Å². The first-order valence-corrected chi connectivity index (χ1v) is 9.35. The summed E-state index contributed by atoms with van der Waals surface area (Å²) in [6, 6.07) is 2.54. The first kappa shape index (κ1) is 15.1. The van der Waals surface area contributed by atoms with Crippen molar-refractivity contribution in [1.82, 2.24) is 14.6 Å². The molecule has 1 aromatic heterocycles. The molecule has 6 heteroatoms. The van der Waals surface area contributed by atoms with Crippen LogP contribution in [0, 0.1) is 5.92 Å². The average molecular weight is 311 g/mol. The molecule has 1 atom stereocenters. The third-order valence-electron chi connectivity index (χ3n) is 4.50. The molecule has 0 radical (unpaired) electrons. The van der Waals surface area contributed by atoms with Crippen molar-refractivity contribution in [3.63, 3.8) is 0 Å². The first-order chi connectivity index (χ1) is 9.98. The predicted molar refractivity (Wildman–Crippen MR) is 82.4 cm³/mol. The van der Waals surface area contributed by atoms with Crippen LogP contribution in [-0.4, -0.2) is 36.3 Å². The normalized spacial score (nSPS) is 24.0. The Hall–Kier alpha value is -0.850. The van der Waals surface area contributed by atoms with Gasteiger partial charge in [0.2, 0.25) is 10.0 Å². The molecule has 1 aliphatic heterocycles. The van der Waals surface area contributed by atoms with E-state index in [9.17, 15) is 8.42 Å². The Labute approximate surface area is 127 Å². The second-order valence-electron chi connectivity index (χ2n) is 6.59. The Kier molecular flexibility index (Phi) is 4.12. The summed E-state index contributed by atoms with van der Waals surface area (Å²) in [6.07, 6.45) is 6.03. The maximum absolute atomic E-state index is 12.8. The summed E-state index contributed by atoms with van der Waals surface area (Å²) >= 11 is 0. The van der Waals surface area contributed by atoms with Gasteiger partial charge < -0.3 is 10.3 Å². The summed E-state index contributed by atoms with van der Waals surface area (Å²) < 4.78 is 27.3. The molecule has 2 N–H and O–H groups in total. The second kappa shape index (κ2) is 5.74. The van der Waals surface area contributed by atoms with Crippen LogP contribution in [0.25, 0.3) is 0 Å². The molecular formula is C15H25N3O2S. The Bertz CT molecular complexity index is 590. The maximum atomic E-state index is 12.8. The molecule has 1 aliphatic carbocycles. The summed E-state index contributed by atoms with van der Waals surface area (Å²) in [5.41, 5.74) is 0.945. The van der Waals surface area contributed by atoms with E-state index in [0.717, 1.165) is 18.5 Å². The van der Waals surface area contributed by atoms with Crippen LogP contribution in [0.4, 0.5) is 0 Å². The van der Waals surface area contributed by atoms with Crippen LogP contribution < -0.4 is 5.32 Å². The lowest BCUT2D eigenvalue weighted by Crippen LogP contribution is -2.38. The highest BCUT2D eigenvalue weighted by molar-refractivity contribution is 7.89. The zero-order valence-electron chi connectivity index (χ0n) is 12.8. The van der Waals surface area contributed by atoms with Gasteiger partial charge in [0.05, 0.1) is 4.90 Å². The monoisotopic (exact) mass is 311 g/mol. The summed E-state index contributed by atoms with van der Waals surface area (Å²) in [7, 11) is -3.36. The molecule has 2 heterocycles. The van der Waals surface area contributed by atoms with Crippen molar-refractivity contribution in [3.05, 3.63) is 18.0 Å². The van der Waals surface area contributed by atoms with Gasteiger partial charge in [-0.05, 0) is 37.7 Å². The molecule has 1 unspecified atom stereocenters. The molecule has 0 aromatic carbocycles. The Morgan fingerprint density at radius 2 is 2.14 bits per heavy atom. The van der Waals surface area contributed by atoms with E-state index in [1.165, 1.54) is 12.8 Å². The van der Waals surface area contributed by atoms with Crippen molar-refractivity contribution in [3.8, 4) is 0 Å². The molecule has 2 fully saturated rings. The number of hydrogen-bond acceptors (Lipinski definition) is 3. The lowest BCUT2D eigenvalue weighted by molar-refractivity contribution is 0.316. The first-order valence-electron chi connectivity index (χ1n) is 7.91. The highest BCUT2D eigenvalue weighted by Gasteiger charge is 2.37. The molecule has 1 saturated heterocycles. The van der Waals surface area contributed by atoms with Crippen LogP contribution in [0.15, 0.2) is 17.2 Å². The second-order valence-corrected chi connectivity index (χ2v) is 8.48. The largest absolute Gasteiger partial charge is 0.363 e. The van der Waals surface area contributed by atoms with E-state index in [4.69, 9.17) is 0 Å². The summed E-state index contributed by atoms with van der Waals surface area (Å²) in [5.74, 6) is 0.359. The van der Waals surface area contributed by atoms with E-state index < -0.39 is 10.0 Å². The van der Waals surface area contributed by atoms with Crippen molar-refractivity contribution < 1.29 is 8.42 Å². The van der Waals surface area contributed by atoms with Crippen LogP contribution in [0.5, 0.6) is 0 Å². The zero-order chi connectivity index (χ0) is 15.0. The number of nitrogens with zero attached hydrogens (tertiary/aromatic N) is 1. The predicted octanol–water partition coefficient (Wildman–Crippen LogP) is 2.08. The van der Waals surface area contributed by atoms with E-state index in [-0.39, 0.29) is 6.04 Å². The fourth-order valence-electron chi connectivity index (χ4n) is 3.08. The fraction of sp³-hybridized carbons (Fsp3) is 0.733. The van der Waals surface area contributed by atoms with Crippen molar-refractivity contribution in [2.24, 2.45) is 5.92 Å². The van der Waals surface area contributed by atoms with Gasteiger partial charge in [-0.25, -0.2) is 8.42 Å². The highest BCUT2D eigenvalue weighted by Crippen LogP contribution is 2.30. The van der Waals surface area contributed by atoms with Gasteiger partial charge >= 0.3 is 0 Å². The smallest absolute Gasteiger partial charge is 0.244 e. The number of rotatable bonds is 6. The molecule has 3 rings (SSSR count). The topological polar surface area (TPSA) is 65.2 Å². The van der Waals surface area contributed by atoms with E-state index in [1.54, 1.807) is 16.6 Å². The molecule has 118 valence electrons. The molecule has 0 spiro atoms. The van der Waals surface area contributed by atoms with Gasteiger partial charge in [-0.15, -0.1) is 0 Å². The number of aromatic nitrogens is 1. The maximum Gasteiger partial charge on any atom is 0.244 e. The number of aromatic amines is 1. The van der Waals surface area contributed by atoms with Crippen molar-refractivity contribution in [2.75, 3.05) is 6.54 Å². The van der Waals surface area contributed by atoms with Gasteiger partial charge in [0.15, 0.2) is 0 Å². The minimum atomic E-state index is -3.36. The van der Waals surface area contributed by atoms with E-state index in [1.807, 2.05) is 0 Å². The Balaban J connectivity index is 1.74.